The molecule has 2 unspecified atom stereocenters. The second-order valence-electron chi connectivity index (χ2n) is 9.44. The summed E-state index contributed by atoms with van der Waals surface area (Å²) in [7, 11) is 0. The van der Waals surface area contributed by atoms with Gasteiger partial charge in [0.1, 0.15) is 6.54 Å². The fourth-order valence-electron chi connectivity index (χ4n) is 5.31. The van der Waals surface area contributed by atoms with Gasteiger partial charge in [0.25, 0.3) is 0 Å². The van der Waals surface area contributed by atoms with Gasteiger partial charge >= 0.3 is 6.18 Å². The van der Waals surface area contributed by atoms with Crippen LogP contribution in [0.1, 0.15) is 62.6 Å². The van der Waals surface area contributed by atoms with Gasteiger partial charge in [0.15, 0.2) is 12.3 Å². The van der Waals surface area contributed by atoms with Crippen LogP contribution in [0.5, 0.6) is 0 Å². The first-order valence-electron chi connectivity index (χ1n) is 12.1. The lowest BCUT2D eigenvalue weighted by Gasteiger charge is -2.30. The molecule has 1 saturated carbocycles. The van der Waals surface area contributed by atoms with E-state index in [0.717, 1.165) is 31.4 Å². The van der Waals surface area contributed by atoms with Gasteiger partial charge in [0.2, 0.25) is 0 Å². The molecule has 33 heavy (non-hydrogen) atoms. The lowest BCUT2D eigenvalue weighted by molar-refractivity contribution is -0.564. The number of nitrogens with zero attached hydrogens (tertiary/aromatic N) is 1. The van der Waals surface area contributed by atoms with Gasteiger partial charge in [-0.3, -0.25) is 0 Å². The highest BCUT2D eigenvalue weighted by molar-refractivity contribution is 5.86. The van der Waals surface area contributed by atoms with Crippen molar-refractivity contribution in [3.63, 3.8) is 0 Å². The molecule has 0 spiro atoms. The largest absolute Gasteiger partial charge is 0.391 e. The number of alkyl halides is 3. The highest BCUT2D eigenvalue weighted by Gasteiger charge is 2.42. The molecule has 0 aliphatic heterocycles. The van der Waals surface area contributed by atoms with Crippen LogP contribution in [0.4, 0.5) is 13.2 Å². The summed E-state index contributed by atoms with van der Waals surface area (Å²) in [5.74, 6) is -0.936. The van der Waals surface area contributed by atoms with Gasteiger partial charge in [-0.05, 0) is 48.1 Å². The van der Waals surface area contributed by atoms with Gasteiger partial charge in [0.05, 0.1) is 5.92 Å². The van der Waals surface area contributed by atoms with Crippen LogP contribution in [-0.4, -0.2) is 23.5 Å². The zero-order valence-corrected chi connectivity index (χ0v) is 19.3. The molecule has 1 fully saturated rings. The Morgan fingerprint density at radius 2 is 1.67 bits per heavy atom. The normalized spacial score (nSPS) is 20.7. The van der Waals surface area contributed by atoms with Crippen molar-refractivity contribution < 1.29 is 17.7 Å². The molecule has 0 heterocycles. The Morgan fingerprint density at radius 1 is 0.939 bits per heavy atom. The molecule has 3 atom stereocenters. The average molecular weight is 453 g/mol. The molecule has 3 aromatic carbocycles. The Hall–Kier alpha value is -2.62. The first-order chi connectivity index (χ1) is 15.9. The molecule has 3 aromatic rings. The third kappa shape index (κ3) is 6.04. The first-order valence-corrected chi connectivity index (χ1v) is 12.1. The van der Waals surface area contributed by atoms with Gasteiger partial charge in [-0.2, -0.15) is 13.2 Å². The van der Waals surface area contributed by atoms with E-state index >= 15 is 0 Å². The Kier molecular flexibility index (Phi) is 7.52. The second-order valence-corrected chi connectivity index (χ2v) is 9.44. The molecule has 174 valence electrons. The minimum absolute atomic E-state index is 0.158. The first kappa shape index (κ1) is 23.5. The van der Waals surface area contributed by atoms with E-state index in [-0.39, 0.29) is 12.0 Å². The van der Waals surface area contributed by atoms with Crippen LogP contribution in [-0.2, 0) is 0 Å². The average Bonchev–Trinajstić information content (AvgIpc) is 2.83. The van der Waals surface area contributed by atoms with Crippen molar-refractivity contribution in [3.05, 3.63) is 83.9 Å². The van der Waals surface area contributed by atoms with Crippen LogP contribution in [0.15, 0.2) is 72.8 Å². The molecule has 0 amide bonds. The van der Waals surface area contributed by atoms with Gasteiger partial charge in [-0.25, -0.2) is 4.58 Å². The van der Waals surface area contributed by atoms with E-state index in [0.29, 0.717) is 19.3 Å². The fourth-order valence-corrected chi connectivity index (χ4v) is 5.31. The molecular weight excluding hydrogens is 419 g/mol. The van der Waals surface area contributed by atoms with E-state index in [9.17, 15) is 13.2 Å². The highest BCUT2D eigenvalue weighted by Crippen LogP contribution is 2.41. The predicted octanol–water partition coefficient (Wildman–Crippen LogP) is 8.18. The van der Waals surface area contributed by atoms with Gasteiger partial charge < -0.3 is 0 Å². The van der Waals surface area contributed by atoms with E-state index in [2.05, 4.69) is 72.3 Å². The molecule has 0 saturated heterocycles. The fraction of sp³-hybridized carbons (Fsp3) is 0.414. The third-order valence-corrected chi connectivity index (χ3v) is 7.16. The number of rotatable bonds is 7. The summed E-state index contributed by atoms with van der Waals surface area (Å²) in [6.45, 7) is 3.05. The quantitative estimate of drug-likeness (QED) is 0.251. The zero-order valence-electron chi connectivity index (χ0n) is 19.3. The molecule has 1 aliphatic rings. The monoisotopic (exact) mass is 452 g/mol. The van der Waals surface area contributed by atoms with Crippen LogP contribution < -0.4 is 0 Å². The lowest BCUT2D eigenvalue weighted by atomic mass is 9.79. The molecule has 4 heteroatoms. The van der Waals surface area contributed by atoms with Crippen molar-refractivity contribution in [2.45, 2.75) is 57.7 Å². The highest BCUT2D eigenvalue weighted by atomic mass is 19.4. The molecule has 0 aromatic heterocycles. The maximum atomic E-state index is 13.2. The molecule has 1 aliphatic carbocycles. The van der Waals surface area contributed by atoms with Crippen molar-refractivity contribution in [1.82, 2.24) is 0 Å². The van der Waals surface area contributed by atoms with Crippen molar-refractivity contribution in [1.29, 1.82) is 0 Å². The van der Waals surface area contributed by atoms with E-state index in [1.54, 1.807) is 0 Å². The lowest BCUT2D eigenvalue weighted by Crippen LogP contribution is -2.29. The molecule has 1 nitrogen and oxygen atoms in total. The number of fused-ring (bicyclic) bond motifs is 1. The minimum atomic E-state index is -4.05. The van der Waals surface area contributed by atoms with E-state index < -0.39 is 12.1 Å². The summed E-state index contributed by atoms with van der Waals surface area (Å²) in [6, 6.07) is 25.3. The van der Waals surface area contributed by atoms with Crippen molar-refractivity contribution in [2.75, 3.05) is 6.54 Å². The van der Waals surface area contributed by atoms with Crippen LogP contribution in [0.25, 0.3) is 10.8 Å². The smallest absolute Gasteiger partial charge is 0.229 e. The van der Waals surface area contributed by atoms with Gasteiger partial charge in [-0.1, -0.05) is 73.5 Å². The molecule has 4 rings (SSSR count). The SMILES string of the molecule is C[C@H](c1cccc2ccccc12)/[N+](=C/c1ccccc1)CCCC1CCCC(C(F)(F)F)C1. The van der Waals surface area contributed by atoms with Crippen molar-refractivity contribution in [2.24, 2.45) is 11.8 Å². The zero-order chi connectivity index (χ0) is 23.3. The molecule has 0 radical (unpaired) electrons. The number of hydrogen-bond acceptors (Lipinski definition) is 0. The Balaban J connectivity index is 1.52. The summed E-state index contributed by atoms with van der Waals surface area (Å²) in [6.07, 6.45) is 2.12. The maximum absolute atomic E-state index is 13.2. The molecule has 0 N–H and O–H groups in total. The summed E-state index contributed by atoms with van der Waals surface area (Å²) < 4.78 is 42.0. The maximum Gasteiger partial charge on any atom is 0.391 e. The summed E-state index contributed by atoms with van der Waals surface area (Å²) >= 11 is 0. The minimum Gasteiger partial charge on any atom is -0.229 e. The molecule has 0 bridgehead atoms. The van der Waals surface area contributed by atoms with E-state index in [4.69, 9.17) is 0 Å². The second kappa shape index (κ2) is 10.5. The number of hydrogen-bond donors (Lipinski definition) is 0. The van der Waals surface area contributed by atoms with Crippen LogP contribution >= 0.6 is 0 Å². The number of halogens is 3. The Morgan fingerprint density at radius 3 is 2.45 bits per heavy atom. The summed E-state index contributed by atoms with van der Waals surface area (Å²) in [5.41, 5.74) is 2.41. The molecular formula is C29H33F3N+. The van der Waals surface area contributed by atoms with E-state index in [1.807, 2.05) is 18.2 Å². The standard InChI is InChI=1S/C29H33F3N/c1-22(27-18-8-15-25-14-5-6-17-28(25)27)33(21-24-10-3-2-4-11-24)19-9-13-23-12-7-16-26(20-23)29(30,31)32/h2-6,8,10-11,14-15,17-18,21-23,26H,7,9,12-13,16,19-20H2,1H3/q+1/b33-21+/t22-,23?,26?/m1/s1. The van der Waals surface area contributed by atoms with Crippen LogP contribution in [0.3, 0.4) is 0 Å². The third-order valence-electron chi connectivity index (χ3n) is 7.16. The summed E-state index contributed by atoms with van der Waals surface area (Å²) in [4.78, 5) is 0. The van der Waals surface area contributed by atoms with Crippen LogP contribution in [0, 0.1) is 11.8 Å². The van der Waals surface area contributed by atoms with Crippen molar-refractivity contribution >= 4 is 17.0 Å². The van der Waals surface area contributed by atoms with Gasteiger partial charge in [-0.15, -0.1) is 0 Å². The predicted molar refractivity (Wildman–Crippen MR) is 130 cm³/mol. The van der Waals surface area contributed by atoms with Crippen LogP contribution in [0.2, 0.25) is 0 Å². The van der Waals surface area contributed by atoms with Gasteiger partial charge in [0, 0.05) is 24.5 Å². The topological polar surface area (TPSA) is 3.01 Å². The van der Waals surface area contributed by atoms with E-state index in [1.165, 1.54) is 16.3 Å². The summed E-state index contributed by atoms with van der Waals surface area (Å²) in [5, 5.41) is 2.47. The Labute approximate surface area is 195 Å². The van der Waals surface area contributed by atoms with Crippen molar-refractivity contribution in [3.8, 4) is 0 Å². The Bertz CT molecular complexity index is 1070. The number of benzene rings is 3.